The topological polar surface area (TPSA) is 128 Å². The van der Waals surface area contributed by atoms with Gasteiger partial charge in [0, 0.05) is 0 Å². The van der Waals surface area contributed by atoms with Gasteiger partial charge in [-0.05, 0) is 12.1 Å². The first-order valence-corrected chi connectivity index (χ1v) is 6.19. The largest absolute Gasteiger partial charge is 0.486 e. The number of para-hydroxylation sites is 1. The summed E-state index contributed by atoms with van der Waals surface area (Å²) in [5.74, 6) is -2.17. The monoisotopic (exact) mass is 294 g/mol. The maximum absolute atomic E-state index is 12.2. The molecule has 0 aliphatic carbocycles. The first-order valence-electron chi connectivity index (χ1n) is 6.19. The third-order valence-electron chi connectivity index (χ3n) is 2.82. The average Bonchev–Trinajstić information content (AvgIpc) is 2.45. The summed E-state index contributed by atoms with van der Waals surface area (Å²) < 4.78 is 10.7. The van der Waals surface area contributed by atoms with Crippen molar-refractivity contribution in [3.63, 3.8) is 0 Å². The molecule has 0 bridgehead atoms. The van der Waals surface area contributed by atoms with Gasteiger partial charge in [0.2, 0.25) is 5.91 Å². The summed E-state index contributed by atoms with van der Waals surface area (Å²) in [4.78, 5) is 34.0. The smallest absolute Gasteiger partial charge is 0.326 e. The van der Waals surface area contributed by atoms with Gasteiger partial charge in [-0.1, -0.05) is 6.07 Å². The van der Waals surface area contributed by atoms with Gasteiger partial charge in [-0.3, -0.25) is 9.59 Å². The number of rotatable bonds is 5. The second-order valence-electron chi connectivity index (χ2n) is 4.36. The Morgan fingerprint density at radius 2 is 2.00 bits per heavy atom. The molecule has 0 aromatic heterocycles. The van der Waals surface area contributed by atoms with Crippen LogP contribution in [0.3, 0.4) is 0 Å². The quantitative estimate of drug-likeness (QED) is 0.672. The van der Waals surface area contributed by atoms with Crippen LogP contribution in [-0.4, -0.2) is 42.1 Å². The van der Waals surface area contributed by atoms with Gasteiger partial charge in [0.05, 0.1) is 12.0 Å². The van der Waals surface area contributed by atoms with Crippen LogP contribution in [0.5, 0.6) is 11.5 Å². The van der Waals surface area contributed by atoms with E-state index in [9.17, 15) is 14.4 Å². The lowest BCUT2D eigenvalue weighted by molar-refractivity contribution is -0.140. The molecule has 8 nitrogen and oxygen atoms in total. The second-order valence-corrected chi connectivity index (χ2v) is 4.36. The first-order chi connectivity index (χ1) is 9.99. The number of carbonyl (C=O) groups excluding carboxylic acids is 2. The fourth-order valence-electron chi connectivity index (χ4n) is 1.89. The zero-order chi connectivity index (χ0) is 15.4. The summed E-state index contributed by atoms with van der Waals surface area (Å²) in [6, 6.07) is 3.32. The predicted octanol–water partition coefficient (Wildman–Crippen LogP) is -0.484. The summed E-state index contributed by atoms with van der Waals surface area (Å²) in [5.41, 5.74) is 5.10. The van der Waals surface area contributed by atoms with Crippen LogP contribution < -0.4 is 20.5 Å². The molecule has 1 aromatic rings. The van der Waals surface area contributed by atoms with E-state index in [2.05, 4.69) is 5.32 Å². The van der Waals surface area contributed by atoms with Gasteiger partial charge in [-0.25, -0.2) is 4.79 Å². The number of carbonyl (C=O) groups is 3. The molecule has 1 atom stereocenters. The maximum Gasteiger partial charge on any atom is 0.326 e. The van der Waals surface area contributed by atoms with Gasteiger partial charge in [0.25, 0.3) is 5.91 Å². The second kappa shape index (κ2) is 6.12. The van der Waals surface area contributed by atoms with Crippen LogP contribution in [0.4, 0.5) is 0 Å². The zero-order valence-electron chi connectivity index (χ0n) is 11.0. The predicted molar refractivity (Wildman–Crippen MR) is 70.1 cm³/mol. The third-order valence-corrected chi connectivity index (χ3v) is 2.82. The molecule has 0 saturated carbocycles. The maximum atomic E-state index is 12.2. The van der Waals surface area contributed by atoms with E-state index < -0.39 is 30.2 Å². The van der Waals surface area contributed by atoms with Crippen LogP contribution in [0, 0.1) is 0 Å². The Bertz CT molecular complexity index is 586. The zero-order valence-corrected chi connectivity index (χ0v) is 11.0. The Hall–Kier alpha value is -2.77. The molecule has 0 radical (unpaired) electrons. The lowest BCUT2D eigenvalue weighted by atomic mass is 10.1. The van der Waals surface area contributed by atoms with Crippen LogP contribution in [0.2, 0.25) is 0 Å². The normalized spacial score (nSPS) is 14.1. The molecule has 0 fully saturated rings. The molecule has 1 heterocycles. The Balaban J connectivity index is 2.20. The fraction of sp³-hybridized carbons (Fsp3) is 0.308. The molecule has 4 N–H and O–H groups in total. The summed E-state index contributed by atoms with van der Waals surface area (Å²) in [5, 5.41) is 11.2. The Morgan fingerprint density at radius 3 is 2.67 bits per heavy atom. The van der Waals surface area contributed by atoms with E-state index >= 15 is 0 Å². The lowest BCUT2D eigenvalue weighted by Gasteiger charge is -2.21. The number of ether oxygens (including phenoxy) is 2. The van der Waals surface area contributed by atoms with Crippen molar-refractivity contribution in [3.8, 4) is 11.5 Å². The molecule has 2 rings (SSSR count). The molecule has 1 unspecified atom stereocenters. The number of hydrogen-bond acceptors (Lipinski definition) is 5. The number of fused-ring (bicyclic) bond motifs is 1. The number of primary amides is 1. The number of hydrogen-bond donors (Lipinski definition) is 3. The van der Waals surface area contributed by atoms with Crippen molar-refractivity contribution in [2.45, 2.75) is 12.5 Å². The van der Waals surface area contributed by atoms with E-state index in [1.54, 1.807) is 12.1 Å². The molecule has 1 aromatic carbocycles. The number of nitrogens with one attached hydrogen (secondary N) is 1. The van der Waals surface area contributed by atoms with E-state index in [-0.39, 0.29) is 11.3 Å². The van der Waals surface area contributed by atoms with Crippen LogP contribution >= 0.6 is 0 Å². The highest BCUT2D eigenvalue weighted by Gasteiger charge is 2.26. The van der Waals surface area contributed by atoms with E-state index in [0.29, 0.717) is 19.0 Å². The minimum Gasteiger partial charge on any atom is -0.486 e. The van der Waals surface area contributed by atoms with E-state index in [4.69, 9.17) is 20.3 Å². The number of nitrogens with two attached hydrogens (primary N) is 1. The summed E-state index contributed by atoms with van der Waals surface area (Å²) in [6.45, 7) is 0.665. The molecule has 0 saturated heterocycles. The molecular formula is C13H14N2O6. The molecule has 8 heteroatoms. The fourth-order valence-corrected chi connectivity index (χ4v) is 1.89. The van der Waals surface area contributed by atoms with Crippen molar-refractivity contribution in [2.24, 2.45) is 5.73 Å². The van der Waals surface area contributed by atoms with Gasteiger partial charge in [-0.15, -0.1) is 0 Å². The van der Waals surface area contributed by atoms with E-state index in [1.807, 2.05) is 0 Å². The van der Waals surface area contributed by atoms with Crippen molar-refractivity contribution >= 4 is 17.8 Å². The van der Waals surface area contributed by atoms with Gasteiger partial charge >= 0.3 is 5.97 Å². The summed E-state index contributed by atoms with van der Waals surface area (Å²) >= 11 is 0. The molecule has 1 aliphatic rings. The number of carboxylic acid groups (broad SMARTS) is 1. The molecule has 1 aliphatic heterocycles. The Morgan fingerprint density at radius 1 is 1.29 bits per heavy atom. The van der Waals surface area contributed by atoms with Crippen molar-refractivity contribution in [1.29, 1.82) is 0 Å². The molecule has 0 spiro atoms. The van der Waals surface area contributed by atoms with Crippen molar-refractivity contribution in [1.82, 2.24) is 5.32 Å². The Kier molecular flexibility index (Phi) is 4.27. The van der Waals surface area contributed by atoms with E-state index in [1.165, 1.54) is 6.07 Å². The number of amides is 2. The van der Waals surface area contributed by atoms with E-state index in [0.717, 1.165) is 0 Å². The van der Waals surface area contributed by atoms with Crippen LogP contribution in [0.15, 0.2) is 18.2 Å². The van der Waals surface area contributed by atoms with Crippen LogP contribution in [0.25, 0.3) is 0 Å². The van der Waals surface area contributed by atoms with Gasteiger partial charge < -0.3 is 25.6 Å². The van der Waals surface area contributed by atoms with Gasteiger partial charge in [0.15, 0.2) is 11.5 Å². The molecule has 21 heavy (non-hydrogen) atoms. The van der Waals surface area contributed by atoms with Gasteiger partial charge in [-0.2, -0.15) is 0 Å². The SMILES string of the molecule is NC(=O)CC(NC(=O)c1cccc2c1OCCO2)C(=O)O. The summed E-state index contributed by atoms with van der Waals surface area (Å²) in [7, 11) is 0. The molecule has 2 amide bonds. The highest BCUT2D eigenvalue weighted by atomic mass is 16.6. The first kappa shape index (κ1) is 14.6. The van der Waals surface area contributed by atoms with Crippen LogP contribution in [-0.2, 0) is 9.59 Å². The average molecular weight is 294 g/mol. The highest BCUT2D eigenvalue weighted by molar-refractivity contribution is 6.00. The van der Waals surface area contributed by atoms with Gasteiger partial charge in [0.1, 0.15) is 19.3 Å². The number of aliphatic carboxylic acids is 1. The minimum atomic E-state index is -1.39. The molecular weight excluding hydrogens is 280 g/mol. The van der Waals surface area contributed by atoms with Crippen LogP contribution in [0.1, 0.15) is 16.8 Å². The Labute approximate surface area is 119 Å². The number of benzene rings is 1. The molecule has 112 valence electrons. The highest BCUT2D eigenvalue weighted by Crippen LogP contribution is 2.33. The lowest BCUT2D eigenvalue weighted by Crippen LogP contribution is -2.43. The summed E-state index contributed by atoms with van der Waals surface area (Å²) in [6.07, 6.45) is -0.493. The minimum absolute atomic E-state index is 0.142. The third kappa shape index (κ3) is 3.41. The van der Waals surface area contributed by atoms with Crippen molar-refractivity contribution in [3.05, 3.63) is 23.8 Å². The van der Waals surface area contributed by atoms with Crippen molar-refractivity contribution in [2.75, 3.05) is 13.2 Å². The van der Waals surface area contributed by atoms with Crippen molar-refractivity contribution < 1.29 is 29.0 Å². The standard InChI is InChI=1S/C13H14N2O6/c14-10(16)6-8(13(18)19)15-12(17)7-2-1-3-9-11(7)21-5-4-20-9/h1-3,8H,4-6H2,(H2,14,16)(H,15,17)(H,18,19). The number of carboxylic acids is 1.